The van der Waals surface area contributed by atoms with Gasteiger partial charge in [-0.05, 0) is 31.2 Å². The zero-order valence-electron chi connectivity index (χ0n) is 12.0. The van der Waals surface area contributed by atoms with Crippen molar-refractivity contribution in [3.05, 3.63) is 66.0 Å². The van der Waals surface area contributed by atoms with E-state index in [2.05, 4.69) is 10.1 Å². The van der Waals surface area contributed by atoms with Gasteiger partial charge in [0, 0.05) is 11.1 Å². The molecule has 3 rings (SSSR count). The molecular weight excluding hydrogens is 280 g/mol. The van der Waals surface area contributed by atoms with Crippen LogP contribution in [0.1, 0.15) is 23.1 Å². The van der Waals surface area contributed by atoms with Gasteiger partial charge in [-0.2, -0.15) is 4.98 Å². The number of benzene rings is 2. The summed E-state index contributed by atoms with van der Waals surface area (Å²) in [6.45, 7) is 1.70. The molecule has 0 aliphatic rings. The van der Waals surface area contributed by atoms with Crippen LogP contribution in [0.2, 0.25) is 0 Å². The highest BCUT2D eigenvalue weighted by Crippen LogP contribution is 2.18. The molecule has 5 heteroatoms. The first-order chi connectivity index (χ1) is 10.7. The second-order valence-electron chi connectivity index (χ2n) is 4.75. The number of hydrogen-bond acceptors (Lipinski definition) is 5. The van der Waals surface area contributed by atoms with Gasteiger partial charge in [-0.25, -0.2) is 0 Å². The third-order valence-electron chi connectivity index (χ3n) is 3.10. The molecule has 0 amide bonds. The van der Waals surface area contributed by atoms with E-state index in [1.54, 1.807) is 24.3 Å². The van der Waals surface area contributed by atoms with Crippen LogP contribution in [0.15, 0.2) is 59.1 Å². The first kappa shape index (κ1) is 14.0. The Kier molecular flexibility index (Phi) is 3.96. The number of ether oxygens (including phenoxy) is 1. The van der Waals surface area contributed by atoms with E-state index in [-0.39, 0.29) is 12.4 Å². The number of aromatic nitrogens is 2. The van der Waals surface area contributed by atoms with E-state index in [1.165, 1.54) is 6.92 Å². The molecule has 0 radical (unpaired) electrons. The molecule has 0 N–H and O–H groups in total. The molecule has 110 valence electrons. The van der Waals surface area contributed by atoms with E-state index in [1.807, 2.05) is 30.3 Å². The Morgan fingerprint density at radius 2 is 1.95 bits per heavy atom. The summed E-state index contributed by atoms with van der Waals surface area (Å²) >= 11 is 0. The van der Waals surface area contributed by atoms with Crippen LogP contribution < -0.4 is 4.74 Å². The molecule has 0 unspecified atom stereocenters. The molecule has 3 aromatic rings. The van der Waals surface area contributed by atoms with Crippen LogP contribution in [0.5, 0.6) is 5.75 Å². The molecule has 0 bridgehead atoms. The van der Waals surface area contributed by atoms with Gasteiger partial charge in [0.25, 0.3) is 5.89 Å². The van der Waals surface area contributed by atoms with Crippen LogP contribution in [-0.4, -0.2) is 15.9 Å². The topological polar surface area (TPSA) is 65.2 Å². The minimum Gasteiger partial charge on any atom is -0.485 e. The Hall–Kier alpha value is -2.95. The molecule has 0 aliphatic carbocycles. The van der Waals surface area contributed by atoms with Gasteiger partial charge in [0.1, 0.15) is 5.75 Å². The molecule has 0 spiro atoms. The third-order valence-corrected chi connectivity index (χ3v) is 3.10. The third kappa shape index (κ3) is 3.20. The smallest absolute Gasteiger partial charge is 0.258 e. The van der Waals surface area contributed by atoms with Gasteiger partial charge in [0.2, 0.25) is 5.82 Å². The van der Waals surface area contributed by atoms with Crippen LogP contribution in [0.3, 0.4) is 0 Å². The highest BCUT2D eigenvalue weighted by atomic mass is 16.5. The van der Waals surface area contributed by atoms with E-state index < -0.39 is 0 Å². The van der Waals surface area contributed by atoms with E-state index >= 15 is 0 Å². The van der Waals surface area contributed by atoms with Crippen LogP contribution >= 0.6 is 0 Å². The van der Waals surface area contributed by atoms with Crippen molar-refractivity contribution in [2.24, 2.45) is 0 Å². The fraction of sp³-hybridized carbons (Fsp3) is 0.118. The molecule has 0 fully saturated rings. The van der Waals surface area contributed by atoms with Gasteiger partial charge in [0.15, 0.2) is 12.4 Å². The number of nitrogens with zero attached hydrogens (tertiary/aromatic N) is 2. The number of ketones is 1. The van der Waals surface area contributed by atoms with Crippen molar-refractivity contribution in [3.63, 3.8) is 0 Å². The molecule has 0 atom stereocenters. The summed E-state index contributed by atoms with van der Waals surface area (Å²) in [6, 6.07) is 16.5. The predicted octanol–water partition coefficient (Wildman–Crippen LogP) is 3.52. The lowest BCUT2D eigenvalue weighted by molar-refractivity contribution is 0.101. The number of carbonyl (C=O) groups excluding carboxylic acids is 1. The van der Waals surface area contributed by atoms with Crippen LogP contribution in [0, 0.1) is 0 Å². The van der Waals surface area contributed by atoms with Crippen LogP contribution in [0.4, 0.5) is 0 Å². The normalized spacial score (nSPS) is 10.4. The van der Waals surface area contributed by atoms with Gasteiger partial charge in [-0.15, -0.1) is 0 Å². The highest BCUT2D eigenvalue weighted by molar-refractivity contribution is 5.94. The Bertz CT molecular complexity index is 781. The van der Waals surface area contributed by atoms with Crippen molar-refractivity contribution in [2.75, 3.05) is 0 Å². The average Bonchev–Trinajstić information content (AvgIpc) is 3.03. The van der Waals surface area contributed by atoms with Crippen molar-refractivity contribution >= 4 is 5.78 Å². The summed E-state index contributed by atoms with van der Waals surface area (Å²) in [4.78, 5) is 15.6. The molecule has 0 saturated heterocycles. The molecule has 0 aliphatic heterocycles. The molecule has 1 heterocycles. The summed E-state index contributed by atoms with van der Waals surface area (Å²) in [6.07, 6.45) is 0. The largest absolute Gasteiger partial charge is 0.485 e. The quantitative estimate of drug-likeness (QED) is 0.674. The van der Waals surface area contributed by atoms with Crippen molar-refractivity contribution in [2.45, 2.75) is 13.5 Å². The van der Waals surface area contributed by atoms with Gasteiger partial charge >= 0.3 is 0 Å². The number of Topliss-reactive ketones (excluding diaryl/α,β-unsaturated/α-hetero) is 1. The first-order valence-electron chi connectivity index (χ1n) is 6.84. The van der Waals surface area contributed by atoms with Crippen LogP contribution in [-0.2, 0) is 6.61 Å². The summed E-state index contributed by atoms with van der Waals surface area (Å²) in [5.41, 5.74) is 1.47. The second-order valence-corrected chi connectivity index (χ2v) is 4.75. The first-order valence-corrected chi connectivity index (χ1v) is 6.84. The molecule has 5 nitrogen and oxygen atoms in total. The van der Waals surface area contributed by atoms with E-state index in [0.717, 1.165) is 5.56 Å². The fourth-order valence-electron chi connectivity index (χ4n) is 1.96. The average molecular weight is 294 g/mol. The number of hydrogen-bond donors (Lipinski definition) is 0. The Balaban J connectivity index is 1.69. The van der Waals surface area contributed by atoms with Crippen molar-refractivity contribution in [1.29, 1.82) is 0 Å². The maximum atomic E-state index is 11.3. The molecule has 22 heavy (non-hydrogen) atoms. The molecular formula is C17H14N2O3. The number of rotatable bonds is 5. The monoisotopic (exact) mass is 294 g/mol. The lowest BCUT2D eigenvalue weighted by Crippen LogP contribution is -1.99. The molecule has 1 aromatic heterocycles. The minimum atomic E-state index is -0.00336. The Morgan fingerprint density at radius 1 is 1.14 bits per heavy atom. The fourth-order valence-corrected chi connectivity index (χ4v) is 1.96. The van der Waals surface area contributed by atoms with Gasteiger partial charge in [-0.3, -0.25) is 4.79 Å². The maximum absolute atomic E-state index is 11.3. The molecule has 0 saturated carbocycles. The lowest BCUT2D eigenvalue weighted by atomic mass is 10.1. The van der Waals surface area contributed by atoms with Gasteiger partial charge < -0.3 is 9.26 Å². The summed E-state index contributed by atoms with van der Waals surface area (Å²) in [5, 5.41) is 3.89. The zero-order chi connectivity index (χ0) is 15.4. The maximum Gasteiger partial charge on any atom is 0.258 e. The van der Waals surface area contributed by atoms with E-state index in [4.69, 9.17) is 9.26 Å². The number of carbonyl (C=O) groups is 1. The van der Waals surface area contributed by atoms with Crippen LogP contribution in [0.25, 0.3) is 11.5 Å². The Labute approximate surface area is 127 Å². The predicted molar refractivity (Wildman–Crippen MR) is 80.5 cm³/mol. The van der Waals surface area contributed by atoms with E-state index in [0.29, 0.717) is 23.0 Å². The summed E-state index contributed by atoms with van der Waals surface area (Å²) < 4.78 is 10.8. The minimum absolute atomic E-state index is 0.00336. The summed E-state index contributed by atoms with van der Waals surface area (Å²) in [7, 11) is 0. The standard InChI is InChI=1S/C17H14N2O3/c1-12(20)14-8-5-9-15(10-14)21-11-16-18-17(22-19-16)13-6-3-2-4-7-13/h2-10H,11H2,1H3. The highest BCUT2D eigenvalue weighted by Gasteiger charge is 2.09. The van der Waals surface area contributed by atoms with Gasteiger partial charge in [0.05, 0.1) is 0 Å². The summed E-state index contributed by atoms with van der Waals surface area (Å²) in [5.74, 6) is 1.50. The zero-order valence-corrected chi connectivity index (χ0v) is 12.0. The lowest BCUT2D eigenvalue weighted by Gasteiger charge is -2.04. The SMILES string of the molecule is CC(=O)c1cccc(OCc2noc(-c3ccccc3)n2)c1. The van der Waals surface area contributed by atoms with Crippen molar-refractivity contribution in [1.82, 2.24) is 10.1 Å². The van der Waals surface area contributed by atoms with E-state index in [9.17, 15) is 4.79 Å². The Morgan fingerprint density at radius 3 is 2.73 bits per heavy atom. The second kappa shape index (κ2) is 6.22. The van der Waals surface area contributed by atoms with Crippen molar-refractivity contribution in [3.8, 4) is 17.2 Å². The molecule has 2 aromatic carbocycles. The van der Waals surface area contributed by atoms with Crippen molar-refractivity contribution < 1.29 is 14.1 Å². The van der Waals surface area contributed by atoms with Gasteiger partial charge in [-0.1, -0.05) is 35.5 Å².